The Balaban J connectivity index is 1.86. The van der Waals surface area contributed by atoms with E-state index in [-0.39, 0.29) is 23.9 Å². The number of nitrogens with zero attached hydrogens (tertiary/aromatic N) is 1. The molecular weight excluding hydrogens is 278 g/mol. The average molecular weight is 297 g/mol. The van der Waals surface area contributed by atoms with Crippen molar-refractivity contribution in [3.63, 3.8) is 0 Å². The summed E-state index contributed by atoms with van der Waals surface area (Å²) in [7, 11) is 2.18. The molecule has 4 nitrogen and oxygen atoms in total. The molecule has 1 spiro atoms. The maximum Gasteiger partial charge on any atom is 0.166 e. The molecule has 0 aromatic heterocycles. The van der Waals surface area contributed by atoms with Gasteiger partial charge in [-0.05, 0) is 49.2 Å². The van der Waals surface area contributed by atoms with E-state index in [4.69, 9.17) is 4.74 Å². The molecule has 2 heterocycles. The number of allylic oxidation sites excluding steroid dienone is 2. The van der Waals surface area contributed by atoms with Crippen molar-refractivity contribution in [2.45, 2.75) is 30.4 Å². The smallest absolute Gasteiger partial charge is 0.166 e. The van der Waals surface area contributed by atoms with E-state index in [2.05, 4.69) is 18.0 Å². The Bertz CT molecular complexity index is 751. The molecule has 22 heavy (non-hydrogen) atoms. The number of likely N-dealkylation sites (N-methyl/N-ethyl adjacent to an activating group) is 1. The highest BCUT2D eigenvalue weighted by molar-refractivity contribution is 5.67. The van der Waals surface area contributed by atoms with E-state index in [0.29, 0.717) is 11.8 Å². The maximum absolute atomic E-state index is 10.3. The Morgan fingerprint density at radius 1 is 1.36 bits per heavy atom. The Kier molecular flexibility index (Phi) is 2.28. The van der Waals surface area contributed by atoms with Crippen molar-refractivity contribution in [2.24, 2.45) is 0 Å². The lowest BCUT2D eigenvalue weighted by Crippen LogP contribution is -2.58. The van der Waals surface area contributed by atoms with Gasteiger partial charge in [0, 0.05) is 11.6 Å². The molecule has 3 atom stereocenters. The summed E-state index contributed by atoms with van der Waals surface area (Å²) in [5, 5.41) is 20.0. The van der Waals surface area contributed by atoms with Crippen LogP contribution in [0, 0.1) is 0 Å². The van der Waals surface area contributed by atoms with Gasteiger partial charge in [-0.3, -0.25) is 4.90 Å². The van der Waals surface area contributed by atoms with Gasteiger partial charge in [-0.2, -0.15) is 0 Å². The number of hydrogen-bond donors (Lipinski definition) is 2. The third-order valence-electron chi connectivity index (χ3n) is 6.03. The number of aliphatic hydroxyl groups is 1. The molecule has 4 aliphatic rings. The van der Waals surface area contributed by atoms with Crippen LogP contribution in [-0.4, -0.2) is 47.5 Å². The summed E-state index contributed by atoms with van der Waals surface area (Å²) in [6, 6.07) is 4.18. The summed E-state index contributed by atoms with van der Waals surface area (Å²) in [5.74, 6) is 0.856. The number of hydrogen-bond acceptors (Lipinski definition) is 4. The van der Waals surface area contributed by atoms with Gasteiger partial charge in [-0.15, -0.1) is 0 Å². The second kappa shape index (κ2) is 3.94. The highest BCUT2D eigenvalue weighted by Crippen LogP contribution is 2.62. The fourth-order valence-corrected chi connectivity index (χ4v) is 5.03. The predicted octanol–water partition coefficient (Wildman–Crippen LogP) is 1.51. The third kappa shape index (κ3) is 1.23. The van der Waals surface area contributed by atoms with Crippen LogP contribution in [0.15, 0.2) is 35.4 Å². The molecule has 0 amide bonds. The van der Waals surface area contributed by atoms with E-state index in [1.807, 2.05) is 12.1 Å². The lowest BCUT2D eigenvalue weighted by atomic mass is 9.56. The SMILES string of the molecule is CN1CC[C@@]23C4=CC=C(CO)[C@@H]2Oc2c(O)ccc(c23)CC41. The minimum atomic E-state index is -0.189. The van der Waals surface area contributed by atoms with Gasteiger partial charge in [0.1, 0.15) is 6.10 Å². The van der Waals surface area contributed by atoms with Gasteiger partial charge in [0.25, 0.3) is 0 Å². The third-order valence-corrected chi connectivity index (χ3v) is 6.03. The topological polar surface area (TPSA) is 52.9 Å². The zero-order valence-corrected chi connectivity index (χ0v) is 12.5. The molecule has 1 fully saturated rings. The quantitative estimate of drug-likeness (QED) is 0.825. The van der Waals surface area contributed by atoms with Crippen LogP contribution in [-0.2, 0) is 11.8 Å². The van der Waals surface area contributed by atoms with Crippen LogP contribution in [0.4, 0.5) is 0 Å². The first-order valence-corrected chi connectivity index (χ1v) is 7.91. The molecule has 1 saturated heterocycles. The van der Waals surface area contributed by atoms with Crippen molar-refractivity contribution in [1.29, 1.82) is 0 Å². The highest BCUT2D eigenvalue weighted by Gasteiger charge is 2.61. The van der Waals surface area contributed by atoms with Crippen LogP contribution in [0.25, 0.3) is 0 Å². The Labute approximate surface area is 129 Å². The minimum absolute atomic E-state index is 0.000780. The van der Waals surface area contributed by atoms with Gasteiger partial charge in [-0.1, -0.05) is 18.2 Å². The van der Waals surface area contributed by atoms with Gasteiger partial charge in [0.05, 0.1) is 12.0 Å². The number of rotatable bonds is 1. The second-order valence-corrected chi connectivity index (χ2v) is 6.89. The Morgan fingerprint density at radius 2 is 2.23 bits per heavy atom. The molecule has 2 aliphatic carbocycles. The average Bonchev–Trinajstić information content (AvgIpc) is 2.88. The first-order chi connectivity index (χ1) is 10.7. The number of benzene rings is 1. The number of aromatic hydroxyl groups is 1. The van der Waals surface area contributed by atoms with E-state index in [1.165, 1.54) is 16.7 Å². The largest absolute Gasteiger partial charge is 0.504 e. The summed E-state index contributed by atoms with van der Waals surface area (Å²) in [6.45, 7) is 1.01. The molecule has 5 rings (SSSR count). The van der Waals surface area contributed by atoms with Crippen LogP contribution in [0.1, 0.15) is 17.5 Å². The van der Waals surface area contributed by atoms with E-state index in [0.717, 1.165) is 25.0 Å². The second-order valence-electron chi connectivity index (χ2n) is 6.89. The monoisotopic (exact) mass is 297 g/mol. The van der Waals surface area contributed by atoms with Gasteiger partial charge < -0.3 is 14.9 Å². The van der Waals surface area contributed by atoms with Gasteiger partial charge in [0.2, 0.25) is 0 Å². The molecular formula is C18H19NO3. The summed E-state index contributed by atoms with van der Waals surface area (Å²) in [6.07, 6.45) is 5.96. The summed E-state index contributed by atoms with van der Waals surface area (Å²) in [4.78, 5) is 2.42. The number of aliphatic hydroxyl groups excluding tert-OH is 1. The van der Waals surface area contributed by atoms with Crippen LogP contribution in [0.3, 0.4) is 0 Å². The van der Waals surface area contributed by atoms with E-state index in [9.17, 15) is 10.2 Å². The molecule has 2 N–H and O–H groups in total. The van der Waals surface area contributed by atoms with Crippen molar-refractivity contribution in [2.75, 3.05) is 20.2 Å². The fraction of sp³-hybridized carbons (Fsp3) is 0.444. The van der Waals surface area contributed by atoms with Crippen molar-refractivity contribution in [3.05, 3.63) is 46.6 Å². The molecule has 2 aliphatic heterocycles. The van der Waals surface area contributed by atoms with Crippen LogP contribution in [0.5, 0.6) is 11.5 Å². The number of phenols is 1. The molecule has 0 saturated carbocycles. The minimum Gasteiger partial charge on any atom is -0.504 e. The number of likely N-dealkylation sites (tertiary alicyclic amines) is 1. The highest BCUT2D eigenvalue weighted by atomic mass is 16.5. The van der Waals surface area contributed by atoms with Gasteiger partial charge in [0.15, 0.2) is 11.5 Å². The van der Waals surface area contributed by atoms with Crippen LogP contribution >= 0.6 is 0 Å². The van der Waals surface area contributed by atoms with Crippen molar-refractivity contribution in [3.8, 4) is 11.5 Å². The van der Waals surface area contributed by atoms with E-state index >= 15 is 0 Å². The lowest BCUT2D eigenvalue weighted by Gasteiger charge is -2.53. The van der Waals surface area contributed by atoms with Crippen molar-refractivity contribution in [1.82, 2.24) is 4.90 Å². The number of phenolic OH excluding ortho intramolecular Hbond substituents is 1. The van der Waals surface area contributed by atoms with Gasteiger partial charge in [-0.25, -0.2) is 0 Å². The molecule has 1 aromatic rings. The summed E-state index contributed by atoms with van der Waals surface area (Å²) >= 11 is 0. The molecule has 114 valence electrons. The lowest BCUT2D eigenvalue weighted by molar-refractivity contribution is 0.104. The molecule has 4 heteroatoms. The number of ether oxygens (including phenoxy) is 1. The first-order valence-electron chi connectivity index (χ1n) is 7.91. The van der Waals surface area contributed by atoms with Crippen LogP contribution in [0.2, 0.25) is 0 Å². The molecule has 1 aromatic carbocycles. The van der Waals surface area contributed by atoms with E-state index in [1.54, 1.807) is 6.07 Å². The van der Waals surface area contributed by atoms with Crippen molar-refractivity contribution < 1.29 is 14.9 Å². The Morgan fingerprint density at radius 3 is 3.05 bits per heavy atom. The summed E-state index contributed by atoms with van der Waals surface area (Å²) in [5.41, 5.74) is 4.57. The molecule has 1 unspecified atom stereocenters. The standard InChI is InChI=1S/C18H19NO3/c1-19-7-6-18-12-4-2-11(9-20)17(18)22-16-14(21)5-3-10(15(16)18)8-13(12)19/h2-5,13,17,20-21H,6-9H2,1H3/t13?,17-,18-/m0/s1. The van der Waals surface area contributed by atoms with Crippen molar-refractivity contribution >= 4 is 0 Å². The zero-order chi connectivity index (χ0) is 15.1. The molecule has 0 radical (unpaired) electrons. The van der Waals surface area contributed by atoms with Crippen LogP contribution < -0.4 is 4.74 Å². The Hall–Kier alpha value is -1.78. The van der Waals surface area contributed by atoms with E-state index < -0.39 is 0 Å². The van der Waals surface area contributed by atoms with Gasteiger partial charge >= 0.3 is 0 Å². The summed E-state index contributed by atoms with van der Waals surface area (Å²) < 4.78 is 6.21. The predicted molar refractivity (Wildman–Crippen MR) is 82.2 cm³/mol. The maximum atomic E-state index is 10.3. The molecule has 2 bridgehead atoms. The zero-order valence-electron chi connectivity index (χ0n) is 12.5. The first kappa shape index (κ1) is 12.7. The number of piperidine rings is 1. The normalized spacial score (nSPS) is 34.6. The fourth-order valence-electron chi connectivity index (χ4n) is 5.03.